The summed E-state index contributed by atoms with van der Waals surface area (Å²) in [5, 5.41) is 2.80. The molecule has 0 radical (unpaired) electrons. The van der Waals surface area contributed by atoms with Crippen LogP contribution in [0.2, 0.25) is 0 Å². The van der Waals surface area contributed by atoms with E-state index in [-0.39, 0.29) is 0 Å². The number of halogens is 1. The molecule has 0 aromatic heterocycles. The molecule has 0 amide bonds. The Bertz CT molecular complexity index is 89.3. The molecule has 4 heteroatoms. The Balaban J connectivity index is 3.72. The lowest BCUT2D eigenvalue weighted by Gasteiger charge is -2.09. The Hall–Kier alpha value is -0.440. The summed E-state index contributed by atoms with van der Waals surface area (Å²) in [6, 6.07) is 0. The van der Waals surface area contributed by atoms with Crippen LogP contribution in [0.4, 0.5) is 0 Å². The largest absolute Gasteiger partial charge is 0.358 e. The minimum absolute atomic E-state index is 0.659. The van der Waals surface area contributed by atoms with E-state index in [9.17, 15) is 0 Å². The van der Waals surface area contributed by atoms with Crippen molar-refractivity contribution < 1.29 is 0 Å². The van der Waals surface area contributed by atoms with Crippen LogP contribution in [0, 0.1) is 0 Å². The minimum atomic E-state index is 0.659. The number of nitrogens with zero attached hydrogens (tertiary/aromatic N) is 2. The Morgan fingerprint density at radius 2 is 2.25 bits per heavy atom. The fourth-order valence-corrected chi connectivity index (χ4v) is 0.564. The summed E-state index contributed by atoms with van der Waals surface area (Å²) in [6.45, 7) is 0. The van der Waals surface area contributed by atoms with Gasteiger partial charge in [0.1, 0.15) is 0 Å². The highest BCUT2D eigenvalue weighted by atomic mass is 35.5. The molecule has 1 N–H and O–H groups in total. The quantitative estimate of drug-likeness (QED) is 0.294. The zero-order valence-electron chi connectivity index (χ0n) is 5.27. The van der Waals surface area contributed by atoms with Gasteiger partial charge in [-0.3, -0.25) is 9.41 Å². The van der Waals surface area contributed by atoms with E-state index in [4.69, 9.17) is 11.8 Å². The van der Waals surface area contributed by atoms with Crippen molar-refractivity contribution in [1.29, 1.82) is 0 Å². The molecule has 0 aliphatic carbocycles. The summed E-state index contributed by atoms with van der Waals surface area (Å²) < 4.78 is 1.39. The second-order valence-corrected chi connectivity index (χ2v) is 1.78. The standard InChI is InChI=1S/C4H10ClN3/c1-6-4(7-2)8(3)5/h1-3H3,(H,6,7). The van der Waals surface area contributed by atoms with Crippen molar-refractivity contribution in [2.45, 2.75) is 0 Å². The summed E-state index contributed by atoms with van der Waals surface area (Å²) in [5.74, 6) is 0.659. The first-order valence-electron chi connectivity index (χ1n) is 2.26. The van der Waals surface area contributed by atoms with E-state index in [1.165, 1.54) is 4.42 Å². The monoisotopic (exact) mass is 135 g/mol. The summed E-state index contributed by atoms with van der Waals surface area (Å²) in [6.07, 6.45) is 0. The molecule has 0 rings (SSSR count). The Morgan fingerprint density at radius 1 is 1.75 bits per heavy atom. The Kier molecular flexibility index (Phi) is 3.35. The van der Waals surface area contributed by atoms with Crippen LogP contribution >= 0.6 is 11.8 Å². The fourth-order valence-electron chi connectivity index (χ4n) is 0.404. The molecule has 0 aromatic rings. The molecule has 0 heterocycles. The molecule has 0 spiro atoms. The van der Waals surface area contributed by atoms with Crippen LogP contribution in [0.3, 0.4) is 0 Å². The normalized spacial score (nSPS) is 11.2. The van der Waals surface area contributed by atoms with Gasteiger partial charge in [-0.1, -0.05) is 0 Å². The van der Waals surface area contributed by atoms with E-state index in [0.717, 1.165) is 0 Å². The molecule has 0 aliphatic rings. The van der Waals surface area contributed by atoms with Gasteiger partial charge < -0.3 is 5.32 Å². The number of aliphatic imine (C=N–C) groups is 1. The topological polar surface area (TPSA) is 27.6 Å². The maximum absolute atomic E-state index is 5.48. The van der Waals surface area contributed by atoms with Gasteiger partial charge in [0.05, 0.1) is 0 Å². The first kappa shape index (κ1) is 7.56. The predicted molar refractivity (Wildman–Crippen MR) is 36.0 cm³/mol. The van der Waals surface area contributed by atoms with Crippen LogP contribution in [0.1, 0.15) is 0 Å². The molecular formula is C4H10ClN3. The van der Waals surface area contributed by atoms with Gasteiger partial charge in [-0.15, -0.1) is 0 Å². The van der Waals surface area contributed by atoms with Gasteiger partial charge in [0.2, 0.25) is 5.96 Å². The average Bonchev–Trinajstić information content (AvgIpc) is 1.69. The van der Waals surface area contributed by atoms with Gasteiger partial charge in [0, 0.05) is 32.9 Å². The molecule has 0 saturated carbocycles. The highest BCUT2D eigenvalue weighted by Crippen LogP contribution is 1.85. The fraction of sp³-hybridized carbons (Fsp3) is 0.750. The van der Waals surface area contributed by atoms with Crippen molar-refractivity contribution in [3.63, 3.8) is 0 Å². The molecule has 0 bridgehead atoms. The summed E-state index contributed by atoms with van der Waals surface area (Å²) >= 11 is 5.48. The van der Waals surface area contributed by atoms with E-state index in [1.54, 1.807) is 21.1 Å². The zero-order chi connectivity index (χ0) is 6.57. The molecule has 0 saturated heterocycles. The van der Waals surface area contributed by atoms with Gasteiger partial charge in [-0.05, 0) is 0 Å². The third-order valence-corrected chi connectivity index (χ3v) is 0.887. The van der Waals surface area contributed by atoms with Crippen molar-refractivity contribution in [3.8, 4) is 0 Å². The van der Waals surface area contributed by atoms with Gasteiger partial charge in [-0.2, -0.15) is 0 Å². The molecule has 3 nitrogen and oxygen atoms in total. The molecule has 0 aromatic carbocycles. The van der Waals surface area contributed by atoms with E-state index >= 15 is 0 Å². The van der Waals surface area contributed by atoms with Crippen molar-refractivity contribution in [1.82, 2.24) is 9.74 Å². The summed E-state index contributed by atoms with van der Waals surface area (Å²) in [5.41, 5.74) is 0. The Morgan fingerprint density at radius 3 is 2.25 bits per heavy atom. The highest BCUT2D eigenvalue weighted by molar-refractivity contribution is 6.21. The van der Waals surface area contributed by atoms with E-state index in [2.05, 4.69) is 10.3 Å². The SMILES string of the molecule is CN=C(NC)N(C)Cl. The van der Waals surface area contributed by atoms with Gasteiger partial charge in [0.15, 0.2) is 0 Å². The molecule has 0 atom stereocenters. The maximum atomic E-state index is 5.48. The van der Waals surface area contributed by atoms with E-state index in [1.807, 2.05) is 0 Å². The molecule has 0 fully saturated rings. The zero-order valence-corrected chi connectivity index (χ0v) is 6.03. The third-order valence-electron chi connectivity index (χ3n) is 0.727. The van der Waals surface area contributed by atoms with Crippen LogP contribution < -0.4 is 5.32 Å². The molecule has 48 valence electrons. The minimum Gasteiger partial charge on any atom is -0.358 e. The molecule has 8 heavy (non-hydrogen) atoms. The summed E-state index contributed by atoms with van der Waals surface area (Å²) in [4.78, 5) is 3.81. The Labute approximate surface area is 54.5 Å². The van der Waals surface area contributed by atoms with Crippen LogP contribution in [0.5, 0.6) is 0 Å². The van der Waals surface area contributed by atoms with Crippen molar-refractivity contribution in [2.75, 3.05) is 21.1 Å². The lowest BCUT2D eigenvalue weighted by molar-refractivity contribution is 0.769. The van der Waals surface area contributed by atoms with E-state index < -0.39 is 0 Å². The third kappa shape index (κ3) is 2.02. The van der Waals surface area contributed by atoms with Crippen LogP contribution in [-0.2, 0) is 0 Å². The number of guanidine groups is 1. The number of hydrogen-bond acceptors (Lipinski definition) is 1. The van der Waals surface area contributed by atoms with Gasteiger partial charge in [-0.25, -0.2) is 0 Å². The van der Waals surface area contributed by atoms with Crippen LogP contribution in [0.15, 0.2) is 4.99 Å². The first-order valence-corrected chi connectivity index (χ1v) is 2.60. The van der Waals surface area contributed by atoms with Crippen molar-refractivity contribution >= 4 is 17.7 Å². The predicted octanol–water partition coefficient (Wildman–Crippen LogP) is 0.277. The van der Waals surface area contributed by atoms with Gasteiger partial charge >= 0.3 is 0 Å². The van der Waals surface area contributed by atoms with E-state index in [0.29, 0.717) is 5.96 Å². The second kappa shape index (κ2) is 3.55. The number of hydrogen-bond donors (Lipinski definition) is 1. The van der Waals surface area contributed by atoms with Crippen molar-refractivity contribution in [2.24, 2.45) is 4.99 Å². The molecular weight excluding hydrogens is 126 g/mol. The highest BCUT2D eigenvalue weighted by Gasteiger charge is 1.94. The number of rotatable bonds is 0. The summed E-state index contributed by atoms with van der Waals surface area (Å²) in [7, 11) is 5.15. The van der Waals surface area contributed by atoms with Crippen LogP contribution in [-0.4, -0.2) is 31.5 Å². The smallest absolute Gasteiger partial charge is 0.208 e. The lowest BCUT2D eigenvalue weighted by Crippen LogP contribution is -2.29. The van der Waals surface area contributed by atoms with Crippen LogP contribution in [0.25, 0.3) is 0 Å². The van der Waals surface area contributed by atoms with Gasteiger partial charge in [0.25, 0.3) is 0 Å². The molecule has 0 aliphatic heterocycles. The lowest BCUT2D eigenvalue weighted by atomic mass is 10.9. The first-order chi connectivity index (χ1) is 3.72. The molecule has 0 unspecified atom stereocenters. The maximum Gasteiger partial charge on any atom is 0.208 e. The second-order valence-electron chi connectivity index (χ2n) is 1.27. The number of nitrogens with one attached hydrogen (secondary N) is 1. The van der Waals surface area contributed by atoms with Crippen molar-refractivity contribution in [3.05, 3.63) is 0 Å². The average molecular weight is 136 g/mol.